The molecule has 0 fully saturated rings. The summed E-state index contributed by atoms with van der Waals surface area (Å²) < 4.78 is 14.9. The number of pyridine rings is 2. The second-order valence-corrected chi connectivity index (χ2v) is 8.91. The Labute approximate surface area is 195 Å². The molecule has 0 unspecified atom stereocenters. The number of carbonyl (C=O) groups is 1. The number of halogens is 1. The van der Waals surface area contributed by atoms with Crippen molar-refractivity contribution in [2.24, 2.45) is 0 Å². The van der Waals surface area contributed by atoms with Crippen LogP contribution in [0.3, 0.4) is 0 Å². The minimum atomic E-state index is -0.470. The zero-order valence-electron chi connectivity index (χ0n) is 17.8. The third-order valence-corrected chi connectivity index (χ3v) is 6.77. The summed E-state index contributed by atoms with van der Waals surface area (Å²) in [6, 6.07) is 10.6. The molecule has 0 saturated heterocycles. The van der Waals surface area contributed by atoms with E-state index in [-0.39, 0.29) is 11.3 Å². The van der Waals surface area contributed by atoms with Crippen molar-refractivity contribution in [1.82, 2.24) is 30.1 Å². The number of nitrogens with zero attached hydrogens (tertiary/aromatic N) is 4. The van der Waals surface area contributed by atoms with Gasteiger partial charge in [0.25, 0.3) is 0 Å². The third kappa shape index (κ3) is 3.23. The number of Topliss-reactive ketones (excluding diaryl/α,β-unsaturated/α-hetero) is 1. The first-order valence-corrected chi connectivity index (χ1v) is 11.1. The number of aromatic amines is 2. The van der Waals surface area contributed by atoms with E-state index in [4.69, 9.17) is 5.73 Å². The van der Waals surface area contributed by atoms with Crippen molar-refractivity contribution in [3.63, 3.8) is 0 Å². The van der Waals surface area contributed by atoms with E-state index < -0.39 is 5.82 Å². The summed E-state index contributed by atoms with van der Waals surface area (Å²) in [4.78, 5) is 29.7. The lowest BCUT2D eigenvalue weighted by Gasteiger charge is -2.04. The first-order valence-electron chi connectivity index (χ1n) is 10.3. The lowest BCUT2D eigenvalue weighted by atomic mass is 10.0. The summed E-state index contributed by atoms with van der Waals surface area (Å²) in [5.41, 5.74) is 10.5. The normalized spacial score (nSPS) is 11.5. The summed E-state index contributed by atoms with van der Waals surface area (Å²) in [5.74, 6) is 0.0229. The summed E-state index contributed by atoms with van der Waals surface area (Å²) in [6.45, 7) is 1.54. The molecule has 0 aliphatic heterocycles. The molecule has 0 aliphatic rings. The number of ketones is 1. The minimum absolute atomic E-state index is 0.0176. The van der Waals surface area contributed by atoms with Gasteiger partial charge in [0.1, 0.15) is 11.2 Å². The van der Waals surface area contributed by atoms with Gasteiger partial charge in [0.15, 0.2) is 23.1 Å². The van der Waals surface area contributed by atoms with Crippen LogP contribution in [0.25, 0.3) is 55.2 Å². The molecule has 0 atom stereocenters. The Morgan fingerprint density at radius 1 is 1.12 bits per heavy atom. The Morgan fingerprint density at radius 2 is 2.00 bits per heavy atom. The summed E-state index contributed by atoms with van der Waals surface area (Å²) in [6.07, 6.45) is 4.84. The molecule has 6 rings (SSSR count). The fraction of sp³-hybridized carbons (Fsp3) is 0.0417. The molecule has 0 saturated carbocycles. The number of imidazole rings is 1. The first-order chi connectivity index (χ1) is 16.5. The number of carbonyl (C=O) groups excluding carboxylic acids is 1. The Morgan fingerprint density at radius 3 is 2.79 bits per heavy atom. The molecule has 34 heavy (non-hydrogen) atoms. The summed E-state index contributed by atoms with van der Waals surface area (Å²) in [7, 11) is 0. The number of H-pyrrole nitrogens is 2. The van der Waals surface area contributed by atoms with Gasteiger partial charge in [0, 0.05) is 40.0 Å². The number of hydrogen-bond donors (Lipinski definition) is 3. The zero-order valence-corrected chi connectivity index (χ0v) is 18.6. The Bertz CT molecular complexity index is 1730. The number of rotatable bonds is 4. The highest BCUT2D eigenvalue weighted by Crippen LogP contribution is 2.35. The lowest BCUT2D eigenvalue weighted by Crippen LogP contribution is -1.89. The van der Waals surface area contributed by atoms with Crippen LogP contribution in [-0.2, 0) is 0 Å². The fourth-order valence-electron chi connectivity index (χ4n) is 3.94. The molecular formula is C24H16FN7OS. The quantitative estimate of drug-likeness (QED) is 0.304. The molecule has 10 heteroatoms. The van der Waals surface area contributed by atoms with Crippen LogP contribution >= 0.6 is 11.3 Å². The average Bonchev–Trinajstić information content (AvgIpc) is 3.56. The van der Waals surface area contributed by atoms with E-state index >= 15 is 0 Å². The van der Waals surface area contributed by atoms with E-state index in [0.29, 0.717) is 49.8 Å². The Balaban J connectivity index is 1.51. The van der Waals surface area contributed by atoms with E-state index in [1.807, 2.05) is 24.3 Å². The number of nitrogen functional groups attached to an aromatic ring is 1. The number of aromatic nitrogens is 6. The van der Waals surface area contributed by atoms with Gasteiger partial charge < -0.3 is 10.7 Å². The highest BCUT2D eigenvalue weighted by atomic mass is 32.1. The van der Waals surface area contributed by atoms with E-state index in [1.54, 1.807) is 25.4 Å². The number of fused-ring (bicyclic) bond motifs is 2. The topological polar surface area (TPSA) is 126 Å². The lowest BCUT2D eigenvalue weighted by molar-refractivity contribution is 0.102. The Kier molecular flexibility index (Phi) is 4.49. The maximum atomic E-state index is 14.9. The van der Waals surface area contributed by atoms with Crippen LogP contribution in [0.1, 0.15) is 16.6 Å². The van der Waals surface area contributed by atoms with Gasteiger partial charge in [0.05, 0.1) is 16.1 Å². The van der Waals surface area contributed by atoms with Gasteiger partial charge in [-0.25, -0.2) is 14.4 Å². The summed E-state index contributed by atoms with van der Waals surface area (Å²) in [5, 5.41) is 7.63. The molecular weight excluding hydrogens is 453 g/mol. The van der Waals surface area contributed by atoms with Crippen LogP contribution < -0.4 is 5.73 Å². The zero-order chi connectivity index (χ0) is 23.4. The molecule has 5 heterocycles. The van der Waals surface area contributed by atoms with Gasteiger partial charge in [-0.15, -0.1) is 11.3 Å². The molecule has 5 aromatic heterocycles. The maximum Gasteiger partial charge on any atom is 0.178 e. The van der Waals surface area contributed by atoms with Gasteiger partial charge in [0.2, 0.25) is 0 Å². The molecule has 1 aromatic carbocycles. The summed E-state index contributed by atoms with van der Waals surface area (Å²) >= 11 is 1.41. The van der Waals surface area contributed by atoms with E-state index in [1.165, 1.54) is 23.6 Å². The van der Waals surface area contributed by atoms with Crippen LogP contribution in [0.2, 0.25) is 0 Å². The molecule has 8 nitrogen and oxygen atoms in total. The van der Waals surface area contributed by atoms with Crippen molar-refractivity contribution < 1.29 is 9.18 Å². The largest absolute Gasteiger partial charge is 0.397 e. The van der Waals surface area contributed by atoms with E-state index in [9.17, 15) is 9.18 Å². The van der Waals surface area contributed by atoms with Gasteiger partial charge in [-0.2, -0.15) is 5.10 Å². The van der Waals surface area contributed by atoms with E-state index in [2.05, 4.69) is 30.1 Å². The van der Waals surface area contributed by atoms with Crippen molar-refractivity contribution >= 4 is 44.9 Å². The molecule has 0 amide bonds. The van der Waals surface area contributed by atoms with Crippen LogP contribution in [0, 0.1) is 5.82 Å². The minimum Gasteiger partial charge on any atom is -0.397 e. The van der Waals surface area contributed by atoms with Crippen LogP contribution in [-0.4, -0.2) is 35.9 Å². The molecule has 0 radical (unpaired) electrons. The van der Waals surface area contributed by atoms with Crippen molar-refractivity contribution in [1.29, 1.82) is 0 Å². The predicted molar refractivity (Wildman–Crippen MR) is 130 cm³/mol. The highest BCUT2D eigenvalue weighted by Gasteiger charge is 2.19. The number of benzene rings is 1. The van der Waals surface area contributed by atoms with Crippen molar-refractivity contribution in [2.45, 2.75) is 6.92 Å². The average molecular weight is 470 g/mol. The number of nitrogens with two attached hydrogens (primary N) is 1. The van der Waals surface area contributed by atoms with E-state index in [0.717, 1.165) is 10.4 Å². The number of hydrogen-bond acceptors (Lipinski definition) is 7. The molecule has 0 spiro atoms. The highest BCUT2D eigenvalue weighted by molar-refractivity contribution is 7.17. The number of nitrogens with one attached hydrogen (secondary N) is 2. The van der Waals surface area contributed by atoms with Gasteiger partial charge in [-0.05, 0) is 48.9 Å². The smallest absolute Gasteiger partial charge is 0.178 e. The van der Waals surface area contributed by atoms with Crippen molar-refractivity contribution in [2.75, 3.05) is 5.73 Å². The number of anilines is 1. The van der Waals surface area contributed by atoms with Gasteiger partial charge in [-0.1, -0.05) is 0 Å². The molecule has 166 valence electrons. The number of thiophene rings is 1. The van der Waals surface area contributed by atoms with Crippen LogP contribution in [0.15, 0.2) is 55.0 Å². The second-order valence-electron chi connectivity index (χ2n) is 7.82. The molecule has 0 aliphatic carbocycles. The second kappa shape index (κ2) is 7.56. The Hall–Kier alpha value is -4.44. The first kappa shape index (κ1) is 20.2. The predicted octanol–water partition coefficient (Wildman–Crippen LogP) is 5.22. The van der Waals surface area contributed by atoms with Crippen molar-refractivity contribution in [3.05, 3.63) is 65.7 Å². The molecule has 6 aromatic rings. The standard InChI is InChI=1S/C24H16FN7OS/c1-11(33)18-2-3-19(34-18)15-4-5-28-23-21(15)29-24(30-23)22-16-7-12(8-17(25)20(16)31-32-22)13-6-14(26)10-27-9-13/h2-10H,26H2,1H3,(H,31,32)(H,28,29,30). The molecule has 0 bridgehead atoms. The SMILES string of the molecule is CC(=O)c1ccc(-c2ccnc3nc(-c4[nH]nc5c(F)cc(-c6cncc(N)c6)cc45)[nH]c23)s1. The van der Waals surface area contributed by atoms with Crippen LogP contribution in [0.5, 0.6) is 0 Å². The van der Waals surface area contributed by atoms with Gasteiger partial charge >= 0.3 is 0 Å². The monoisotopic (exact) mass is 469 g/mol. The maximum absolute atomic E-state index is 14.9. The van der Waals surface area contributed by atoms with Gasteiger partial charge in [-0.3, -0.25) is 14.9 Å². The molecule has 4 N–H and O–H groups in total. The van der Waals surface area contributed by atoms with Crippen molar-refractivity contribution in [3.8, 4) is 33.1 Å². The van der Waals surface area contributed by atoms with Crippen LogP contribution in [0.4, 0.5) is 10.1 Å². The third-order valence-electron chi connectivity index (χ3n) is 5.55. The fourth-order valence-corrected chi connectivity index (χ4v) is 4.88.